The average molecular weight is 207 g/mol. The Hall–Kier alpha value is -0.820. The van der Waals surface area contributed by atoms with Gasteiger partial charge in [0, 0.05) is 6.04 Å². The van der Waals surface area contributed by atoms with E-state index in [9.17, 15) is 0 Å². The molecule has 0 saturated carbocycles. The molecule has 1 aliphatic rings. The zero-order valence-corrected chi connectivity index (χ0v) is 10.7. The van der Waals surface area contributed by atoms with E-state index in [1.54, 1.807) is 0 Å². The van der Waals surface area contributed by atoms with Gasteiger partial charge in [-0.05, 0) is 52.8 Å². The number of hydrogen-bond acceptors (Lipinski definition) is 1. The van der Waals surface area contributed by atoms with E-state index in [4.69, 9.17) is 0 Å². The Labute approximate surface area is 95.2 Å². The van der Waals surface area contributed by atoms with Crippen LogP contribution in [0.25, 0.3) is 0 Å². The molecule has 0 N–H and O–H groups in total. The lowest BCUT2D eigenvalue weighted by Gasteiger charge is -2.23. The zero-order chi connectivity index (χ0) is 11.8. The summed E-state index contributed by atoms with van der Waals surface area (Å²) < 4.78 is 0. The molecule has 1 fully saturated rings. The van der Waals surface area contributed by atoms with Crippen molar-refractivity contribution in [3.63, 3.8) is 0 Å². The topological polar surface area (TPSA) is 3.24 Å². The molecule has 1 saturated heterocycles. The molecule has 1 nitrogen and oxygen atoms in total. The highest BCUT2D eigenvalue weighted by molar-refractivity contribution is 5.33. The molecule has 1 unspecified atom stereocenters. The second kappa shape index (κ2) is 7.47. The van der Waals surface area contributed by atoms with Gasteiger partial charge in [0.15, 0.2) is 0 Å². The molecule has 1 atom stereocenters. The van der Waals surface area contributed by atoms with Crippen LogP contribution in [-0.2, 0) is 0 Å². The van der Waals surface area contributed by atoms with Gasteiger partial charge in [-0.3, -0.25) is 4.90 Å². The maximum absolute atomic E-state index is 3.00. The number of rotatable bonds is 2. The Balaban J connectivity index is 0.000000921. The highest BCUT2D eigenvalue weighted by Crippen LogP contribution is 2.26. The number of likely N-dealkylation sites (N-methyl/N-ethyl adjacent to an activating group) is 1. The Morgan fingerprint density at radius 2 is 1.87 bits per heavy atom. The van der Waals surface area contributed by atoms with Gasteiger partial charge in [-0.25, -0.2) is 0 Å². The quantitative estimate of drug-likeness (QED) is 0.492. The molecule has 0 aromatic rings. The van der Waals surface area contributed by atoms with Gasteiger partial charge in [0.1, 0.15) is 0 Å². The second-order valence-corrected chi connectivity index (χ2v) is 3.85. The van der Waals surface area contributed by atoms with Gasteiger partial charge < -0.3 is 0 Å². The van der Waals surface area contributed by atoms with Gasteiger partial charge >= 0.3 is 0 Å². The molecular weight excluding hydrogens is 182 g/mol. The summed E-state index contributed by atoms with van der Waals surface area (Å²) in [5, 5.41) is 0. The first-order valence-corrected chi connectivity index (χ1v) is 5.70. The van der Waals surface area contributed by atoms with E-state index in [2.05, 4.69) is 58.0 Å². The molecule has 0 spiro atoms. The predicted molar refractivity (Wildman–Crippen MR) is 70.1 cm³/mol. The van der Waals surface area contributed by atoms with Crippen LogP contribution < -0.4 is 0 Å². The molecule has 0 amide bonds. The zero-order valence-electron chi connectivity index (χ0n) is 10.7. The van der Waals surface area contributed by atoms with Crippen molar-refractivity contribution in [3.05, 3.63) is 36.5 Å². The fourth-order valence-electron chi connectivity index (χ4n) is 2.15. The van der Waals surface area contributed by atoms with Crippen molar-refractivity contribution in [2.45, 2.75) is 39.7 Å². The van der Waals surface area contributed by atoms with Crippen LogP contribution in [0.4, 0.5) is 0 Å². The summed E-state index contributed by atoms with van der Waals surface area (Å²) in [6.45, 7) is 13.7. The van der Waals surface area contributed by atoms with E-state index in [1.165, 1.54) is 30.5 Å². The van der Waals surface area contributed by atoms with Crippen LogP contribution in [-0.4, -0.2) is 24.5 Å². The first-order valence-electron chi connectivity index (χ1n) is 5.70. The summed E-state index contributed by atoms with van der Waals surface area (Å²) in [5.74, 6) is 0. The van der Waals surface area contributed by atoms with Crippen molar-refractivity contribution in [2.75, 3.05) is 13.6 Å². The third-order valence-electron chi connectivity index (χ3n) is 3.08. The van der Waals surface area contributed by atoms with Crippen LogP contribution in [0, 0.1) is 0 Å². The third-order valence-corrected chi connectivity index (χ3v) is 3.08. The lowest BCUT2D eigenvalue weighted by atomic mass is 9.97. The third kappa shape index (κ3) is 3.67. The summed E-state index contributed by atoms with van der Waals surface area (Å²) in [5.41, 5.74) is 2.95. The van der Waals surface area contributed by atoms with Crippen LogP contribution in [0.5, 0.6) is 0 Å². The maximum atomic E-state index is 3.00. The Kier molecular flexibility index (Phi) is 7.06. The monoisotopic (exact) mass is 207 g/mol. The van der Waals surface area contributed by atoms with Crippen LogP contribution in [0.2, 0.25) is 0 Å². The van der Waals surface area contributed by atoms with E-state index < -0.39 is 0 Å². The van der Waals surface area contributed by atoms with E-state index in [1.807, 2.05) is 0 Å². The Bertz CT molecular complexity index is 238. The summed E-state index contributed by atoms with van der Waals surface area (Å²) in [4.78, 5) is 2.46. The molecule has 1 rings (SSSR count). The van der Waals surface area contributed by atoms with Crippen molar-refractivity contribution in [3.8, 4) is 0 Å². The normalized spacial score (nSPS) is 23.6. The van der Waals surface area contributed by atoms with E-state index in [0.717, 1.165) is 0 Å². The van der Waals surface area contributed by atoms with Gasteiger partial charge in [-0.15, -0.1) is 13.2 Å². The fraction of sp³-hybridized carbons (Fsp3) is 0.571. The van der Waals surface area contributed by atoms with Crippen LogP contribution in [0.15, 0.2) is 36.5 Å². The molecule has 1 aliphatic heterocycles. The van der Waals surface area contributed by atoms with Crippen LogP contribution in [0.1, 0.15) is 33.6 Å². The smallest absolute Gasteiger partial charge is 0.0344 e. The predicted octanol–water partition coefficient (Wildman–Crippen LogP) is 3.80. The van der Waals surface area contributed by atoms with Crippen LogP contribution >= 0.6 is 0 Å². The largest absolute Gasteiger partial charge is 0.299 e. The van der Waals surface area contributed by atoms with Crippen LogP contribution in [0.3, 0.4) is 0 Å². The maximum Gasteiger partial charge on any atom is 0.0344 e. The van der Waals surface area contributed by atoms with Gasteiger partial charge in [-0.1, -0.05) is 17.7 Å². The Morgan fingerprint density at radius 3 is 2.20 bits per heavy atom. The number of likely N-dealkylation sites (tertiary alicyclic amines) is 1. The minimum atomic E-state index is 0.668. The van der Waals surface area contributed by atoms with Crippen molar-refractivity contribution >= 4 is 0 Å². The van der Waals surface area contributed by atoms with Crippen molar-refractivity contribution in [1.82, 2.24) is 4.90 Å². The summed E-state index contributed by atoms with van der Waals surface area (Å²) in [7, 11) is 2.23. The fourth-order valence-corrected chi connectivity index (χ4v) is 2.15. The molecule has 1 heteroatoms. The summed E-state index contributed by atoms with van der Waals surface area (Å²) in [6, 6.07) is 0.668. The van der Waals surface area contributed by atoms with Crippen molar-refractivity contribution in [2.24, 2.45) is 0 Å². The minimum Gasteiger partial charge on any atom is -0.299 e. The van der Waals surface area contributed by atoms with Gasteiger partial charge in [-0.2, -0.15) is 0 Å². The molecule has 0 radical (unpaired) electrons. The highest BCUT2D eigenvalue weighted by Gasteiger charge is 2.24. The molecule has 15 heavy (non-hydrogen) atoms. The lowest BCUT2D eigenvalue weighted by Crippen LogP contribution is -2.27. The molecule has 1 heterocycles. The first-order chi connectivity index (χ1) is 7.20. The highest BCUT2D eigenvalue weighted by atomic mass is 15.1. The summed E-state index contributed by atoms with van der Waals surface area (Å²) >= 11 is 0. The van der Waals surface area contributed by atoms with Gasteiger partial charge in [0.05, 0.1) is 0 Å². The van der Waals surface area contributed by atoms with E-state index in [-0.39, 0.29) is 0 Å². The van der Waals surface area contributed by atoms with E-state index in [0.29, 0.717) is 6.04 Å². The molecule has 0 aromatic heterocycles. The van der Waals surface area contributed by atoms with Crippen molar-refractivity contribution < 1.29 is 0 Å². The molecule has 0 bridgehead atoms. The lowest BCUT2D eigenvalue weighted by molar-refractivity contribution is 0.346. The van der Waals surface area contributed by atoms with Gasteiger partial charge in [0.25, 0.3) is 0 Å². The molecule has 86 valence electrons. The number of nitrogens with zero attached hydrogens (tertiary/aromatic N) is 1. The summed E-state index contributed by atoms with van der Waals surface area (Å²) in [6.07, 6.45) is 7.14. The molecular formula is C14H25N. The van der Waals surface area contributed by atoms with E-state index >= 15 is 0 Å². The molecule has 0 aromatic carbocycles. The SMILES string of the molecule is C/C=C(C)\C(=C/C)C1CCCN1C.C=C. The van der Waals surface area contributed by atoms with Crippen molar-refractivity contribution in [1.29, 1.82) is 0 Å². The molecule has 0 aliphatic carbocycles. The Morgan fingerprint density at radius 1 is 1.27 bits per heavy atom. The van der Waals surface area contributed by atoms with Gasteiger partial charge in [0.2, 0.25) is 0 Å². The second-order valence-electron chi connectivity index (χ2n) is 3.85. The number of allylic oxidation sites excluding steroid dienone is 2. The average Bonchev–Trinajstić information content (AvgIpc) is 2.69. The number of hydrogen-bond donors (Lipinski definition) is 0. The standard InChI is InChI=1S/C12H21N.C2H4/c1-5-10(3)11(6-2)12-8-7-9-13(12)4;1-2/h5-6,12H,7-9H2,1-4H3;1-2H2/b10-5-,11-6+;. The first kappa shape index (κ1) is 14.2. The minimum absolute atomic E-state index is 0.668.